The fraction of sp³-hybridized carbons (Fsp3) is 0.429. The van der Waals surface area contributed by atoms with Gasteiger partial charge in [0.25, 0.3) is 0 Å². The van der Waals surface area contributed by atoms with Crippen molar-refractivity contribution in [1.29, 1.82) is 0 Å². The van der Waals surface area contributed by atoms with Gasteiger partial charge in [0, 0.05) is 51.5 Å². The Morgan fingerprint density at radius 2 is 1.52 bits per heavy atom. The van der Waals surface area contributed by atoms with Crippen molar-refractivity contribution in [2.75, 3.05) is 49.1 Å². The highest BCUT2D eigenvalue weighted by atomic mass is 19.1. The van der Waals surface area contributed by atoms with E-state index in [-0.39, 0.29) is 5.82 Å². The number of hydrogen-bond acceptors (Lipinski definition) is 3. The molecule has 0 saturated carbocycles. The van der Waals surface area contributed by atoms with E-state index < -0.39 is 0 Å². The SMILES string of the molecule is CCN(CC)c1ccc(CN2CCN(c3ccccc3F)CC2)cc1. The predicted molar refractivity (Wildman–Crippen MR) is 104 cm³/mol. The van der Waals surface area contributed by atoms with E-state index in [0.717, 1.165) is 51.5 Å². The summed E-state index contributed by atoms with van der Waals surface area (Å²) in [5.41, 5.74) is 3.36. The Labute approximate surface area is 150 Å². The van der Waals surface area contributed by atoms with Gasteiger partial charge >= 0.3 is 0 Å². The predicted octanol–water partition coefficient (Wildman–Crippen LogP) is 3.99. The van der Waals surface area contributed by atoms with E-state index in [1.807, 2.05) is 12.1 Å². The van der Waals surface area contributed by atoms with Crippen LogP contribution in [0.3, 0.4) is 0 Å². The fourth-order valence-corrected chi connectivity index (χ4v) is 3.51. The van der Waals surface area contributed by atoms with E-state index in [0.29, 0.717) is 0 Å². The van der Waals surface area contributed by atoms with Gasteiger partial charge in [-0.05, 0) is 43.7 Å². The van der Waals surface area contributed by atoms with Crippen LogP contribution in [-0.2, 0) is 6.54 Å². The molecule has 0 bridgehead atoms. The minimum Gasteiger partial charge on any atom is -0.372 e. The zero-order valence-electron chi connectivity index (χ0n) is 15.3. The molecule has 3 nitrogen and oxygen atoms in total. The molecule has 134 valence electrons. The van der Waals surface area contributed by atoms with Crippen molar-refractivity contribution >= 4 is 11.4 Å². The van der Waals surface area contributed by atoms with Crippen LogP contribution in [0.1, 0.15) is 19.4 Å². The largest absolute Gasteiger partial charge is 0.372 e. The molecule has 1 aliphatic rings. The van der Waals surface area contributed by atoms with Crippen molar-refractivity contribution in [3.05, 3.63) is 59.9 Å². The van der Waals surface area contributed by atoms with E-state index in [2.05, 4.69) is 52.8 Å². The molecule has 0 unspecified atom stereocenters. The van der Waals surface area contributed by atoms with Crippen molar-refractivity contribution in [2.24, 2.45) is 0 Å². The van der Waals surface area contributed by atoms with E-state index in [1.54, 1.807) is 12.1 Å². The summed E-state index contributed by atoms with van der Waals surface area (Å²) in [6, 6.07) is 16.0. The van der Waals surface area contributed by atoms with E-state index in [4.69, 9.17) is 0 Å². The smallest absolute Gasteiger partial charge is 0.146 e. The van der Waals surface area contributed by atoms with Gasteiger partial charge in [-0.15, -0.1) is 0 Å². The summed E-state index contributed by atoms with van der Waals surface area (Å²) < 4.78 is 13.9. The van der Waals surface area contributed by atoms with Crippen molar-refractivity contribution in [3.63, 3.8) is 0 Å². The van der Waals surface area contributed by atoms with Crippen LogP contribution in [0.2, 0.25) is 0 Å². The van der Waals surface area contributed by atoms with Crippen LogP contribution in [0.4, 0.5) is 15.8 Å². The molecule has 1 fully saturated rings. The third-order valence-electron chi connectivity index (χ3n) is 5.04. The first kappa shape index (κ1) is 17.7. The molecule has 1 aliphatic heterocycles. The lowest BCUT2D eigenvalue weighted by atomic mass is 10.1. The van der Waals surface area contributed by atoms with Gasteiger partial charge in [-0.1, -0.05) is 24.3 Å². The normalized spacial score (nSPS) is 15.4. The third kappa shape index (κ3) is 4.31. The maximum absolute atomic E-state index is 13.9. The van der Waals surface area contributed by atoms with E-state index in [9.17, 15) is 4.39 Å². The molecule has 2 aromatic carbocycles. The third-order valence-corrected chi connectivity index (χ3v) is 5.04. The van der Waals surface area contributed by atoms with E-state index >= 15 is 0 Å². The van der Waals surface area contributed by atoms with Crippen molar-refractivity contribution in [2.45, 2.75) is 20.4 Å². The van der Waals surface area contributed by atoms with Gasteiger partial charge in [-0.3, -0.25) is 4.90 Å². The van der Waals surface area contributed by atoms with E-state index in [1.165, 1.54) is 11.3 Å². The zero-order chi connectivity index (χ0) is 17.6. The Morgan fingerprint density at radius 3 is 2.12 bits per heavy atom. The summed E-state index contributed by atoms with van der Waals surface area (Å²) in [6.45, 7) is 11.1. The minimum absolute atomic E-state index is 0.122. The van der Waals surface area contributed by atoms with Crippen molar-refractivity contribution in [1.82, 2.24) is 4.90 Å². The van der Waals surface area contributed by atoms with Crippen molar-refractivity contribution < 1.29 is 4.39 Å². The summed E-state index contributed by atoms with van der Waals surface area (Å²) in [7, 11) is 0. The quantitative estimate of drug-likeness (QED) is 0.786. The Morgan fingerprint density at radius 1 is 0.880 bits per heavy atom. The molecule has 0 amide bonds. The molecule has 4 heteroatoms. The van der Waals surface area contributed by atoms with Crippen LogP contribution >= 0.6 is 0 Å². The molecule has 0 radical (unpaired) electrons. The number of benzene rings is 2. The summed E-state index contributed by atoms with van der Waals surface area (Å²) in [5, 5.41) is 0. The van der Waals surface area contributed by atoms with Crippen LogP contribution in [0.5, 0.6) is 0 Å². The number of piperazine rings is 1. The molecule has 0 spiro atoms. The van der Waals surface area contributed by atoms with Crippen LogP contribution in [0, 0.1) is 5.82 Å². The van der Waals surface area contributed by atoms with Crippen molar-refractivity contribution in [3.8, 4) is 0 Å². The van der Waals surface area contributed by atoms with Crippen LogP contribution < -0.4 is 9.80 Å². The lowest BCUT2D eigenvalue weighted by molar-refractivity contribution is 0.249. The lowest BCUT2D eigenvalue weighted by Gasteiger charge is -2.36. The first-order valence-corrected chi connectivity index (χ1v) is 9.27. The zero-order valence-corrected chi connectivity index (χ0v) is 15.3. The molecule has 1 heterocycles. The minimum atomic E-state index is -0.122. The Kier molecular flexibility index (Phi) is 5.92. The Bertz CT molecular complexity index is 659. The maximum Gasteiger partial charge on any atom is 0.146 e. The molecule has 2 aromatic rings. The number of hydrogen-bond donors (Lipinski definition) is 0. The molecule has 3 rings (SSSR count). The topological polar surface area (TPSA) is 9.72 Å². The van der Waals surface area contributed by atoms with Crippen LogP contribution in [0.25, 0.3) is 0 Å². The molecular weight excluding hydrogens is 313 g/mol. The molecule has 0 atom stereocenters. The van der Waals surface area contributed by atoms with Gasteiger partial charge < -0.3 is 9.80 Å². The highest BCUT2D eigenvalue weighted by Gasteiger charge is 2.19. The lowest BCUT2D eigenvalue weighted by Crippen LogP contribution is -2.46. The highest BCUT2D eigenvalue weighted by molar-refractivity contribution is 5.48. The van der Waals surface area contributed by atoms with Gasteiger partial charge in [0.1, 0.15) is 5.82 Å². The number of para-hydroxylation sites is 1. The first-order valence-electron chi connectivity index (χ1n) is 9.27. The molecule has 0 aromatic heterocycles. The second-order valence-electron chi connectivity index (χ2n) is 6.55. The summed E-state index contributed by atoms with van der Waals surface area (Å²) in [5.74, 6) is -0.122. The Hall–Kier alpha value is -2.07. The first-order chi connectivity index (χ1) is 12.2. The number of nitrogens with zero attached hydrogens (tertiary/aromatic N) is 3. The monoisotopic (exact) mass is 341 g/mol. The summed E-state index contributed by atoms with van der Waals surface area (Å²) >= 11 is 0. The second-order valence-corrected chi connectivity index (χ2v) is 6.55. The molecule has 0 aliphatic carbocycles. The number of rotatable bonds is 6. The summed E-state index contributed by atoms with van der Waals surface area (Å²) in [6.07, 6.45) is 0. The molecule has 1 saturated heterocycles. The average molecular weight is 341 g/mol. The molecule has 25 heavy (non-hydrogen) atoms. The van der Waals surface area contributed by atoms with Gasteiger partial charge in [-0.25, -0.2) is 4.39 Å². The van der Waals surface area contributed by atoms with Gasteiger partial charge in [0.15, 0.2) is 0 Å². The molecule has 0 N–H and O–H groups in total. The number of halogens is 1. The number of anilines is 2. The van der Waals surface area contributed by atoms with Crippen LogP contribution in [0.15, 0.2) is 48.5 Å². The second kappa shape index (κ2) is 8.34. The summed E-state index contributed by atoms with van der Waals surface area (Å²) in [4.78, 5) is 6.95. The van der Waals surface area contributed by atoms with Crippen LogP contribution in [-0.4, -0.2) is 44.2 Å². The average Bonchev–Trinajstić information content (AvgIpc) is 2.65. The Balaban J connectivity index is 1.55. The fourth-order valence-electron chi connectivity index (χ4n) is 3.51. The standard InChI is InChI=1S/C21H28FN3/c1-3-24(4-2)19-11-9-18(10-12-19)17-23-13-15-25(16-14-23)21-8-6-5-7-20(21)22/h5-12H,3-4,13-17H2,1-2H3. The van der Waals surface area contributed by atoms with Gasteiger partial charge in [0.05, 0.1) is 5.69 Å². The highest BCUT2D eigenvalue weighted by Crippen LogP contribution is 2.21. The molecular formula is C21H28FN3. The van der Waals surface area contributed by atoms with Gasteiger partial charge in [-0.2, -0.15) is 0 Å². The maximum atomic E-state index is 13.9. The van der Waals surface area contributed by atoms with Gasteiger partial charge in [0.2, 0.25) is 0 Å².